The van der Waals surface area contributed by atoms with Gasteiger partial charge in [0.05, 0.1) is 13.2 Å². The number of aromatic hydroxyl groups is 1. The third-order valence-electron chi connectivity index (χ3n) is 4.02. The summed E-state index contributed by atoms with van der Waals surface area (Å²) in [5.41, 5.74) is 0.932. The number of carbonyl (C=O) groups is 2. The van der Waals surface area contributed by atoms with Crippen LogP contribution in [0.4, 0.5) is 0 Å². The van der Waals surface area contributed by atoms with Gasteiger partial charge in [0.1, 0.15) is 5.56 Å². The van der Waals surface area contributed by atoms with E-state index in [0.29, 0.717) is 0 Å². The molecule has 6 heteroatoms. The van der Waals surface area contributed by atoms with Crippen molar-refractivity contribution in [1.82, 2.24) is 4.90 Å². The van der Waals surface area contributed by atoms with Crippen molar-refractivity contribution in [3.8, 4) is 11.5 Å². The molecule has 1 atom stereocenters. The quantitative estimate of drug-likeness (QED) is 0.816. The smallest absolute Gasteiger partial charge is 0.342 e. The molecule has 0 saturated heterocycles. The average molecular weight is 343 g/mol. The molecule has 6 nitrogen and oxygen atoms in total. The first-order chi connectivity index (χ1) is 12.0. The molecule has 1 amide bonds. The second kappa shape index (κ2) is 8.19. The number of rotatable bonds is 6. The summed E-state index contributed by atoms with van der Waals surface area (Å²) in [6.45, 7) is 1.48. The van der Waals surface area contributed by atoms with Crippen molar-refractivity contribution in [1.29, 1.82) is 0 Å². The van der Waals surface area contributed by atoms with Gasteiger partial charge in [0.2, 0.25) is 0 Å². The van der Waals surface area contributed by atoms with Crippen LogP contribution in [0.3, 0.4) is 0 Å². The molecule has 0 aromatic heterocycles. The summed E-state index contributed by atoms with van der Waals surface area (Å²) >= 11 is 0. The molecule has 0 heterocycles. The number of amides is 1. The van der Waals surface area contributed by atoms with Gasteiger partial charge in [0.25, 0.3) is 5.91 Å². The second-order valence-electron chi connectivity index (χ2n) is 5.52. The fourth-order valence-electron chi connectivity index (χ4n) is 2.33. The summed E-state index contributed by atoms with van der Waals surface area (Å²) in [4.78, 5) is 25.9. The van der Waals surface area contributed by atoms with E-state index >= 15 is 0 Å². The molecule has 0 fully saturated rings. The van der Waals surface area contributed by atoms with E-state index in [1.54, 1.807) is 13.1 Å². The van der Waals surface area contributed by atoms with Gasteiger partial charge in [-0.15, -0.1) is 0 Å². The standard InChI is InChI=1S/C19H21NO5/c1-13(14-8-5-4-6-9-14)20(2)17(21)12-25-19(23)15-10-7-11-16(24-3)18(15)22/h4-11,13,22H,12H2,1-3H3. The van der Waals surface area contributed by atoms with Gasteiger partial charge in [0.15, 0.2) is 18.1 Å². The van der Waals surface area contributed by atoms with Crippen LogP contribution >= 0.6 is 0 Å². The van der Waals surface area contributed by atoms with E-state index in [2.05, 4.69) is 0 Å². The van der Waals surface area contributed by atoms with Gasteiger partial charge >= 0.3 is 5.97 Å². The number of esters is 1. The van der Waals surface area contributed by atoms with E-state index in [-0.39, 0.29) is 29.0 Å². The zero-order valence-electron chi connectivity index (χ0n) is 14.4. The number of phenolic OH excluding ortho intramolecular Hbond substituents is 1. The molecule has 0 aliphatic rings. The zero-order chi connectivity index (χ0) is 18.4. The lowest BCUT2D eigenvalue weighted by atomic mass is 10.1. The van der Waals surface area contributed by atoms with Crippen molar-refractivity contribution in [3.05, 3.63) is 59.7 Å². The van der Waals surface area contributed by atoms with Gasteiger partial charge in [0, 0.05) is 7.05 Å². The van der Waals surface area contributed by atoms with E-state index < -0.39 is 12.6 Å². The molecular weight excluding hydrogens is 322 g/mol. The Kier molecular flexibility index (Phi) is 6.00. The Labute approximate surface area is 146 Å². The number of para-hydroxylation sites is 1. The maximum atomic E-state index is 12.3. The normalized spacial score (nSPS) is 11.5. The van der Waals surface area contributed by atoms with Crippen molar-refractivity contribution in [2.75, 3.05) is 20.8 Å². The minimum absolute atomic E-state index is 0.0501. The van der Waals surface area contributed by atoms with E-state index in [4.69, 9.17) is 9.47 Å². The van der Waals surface area contributed by atoms with Crippen LogP contribution in [0, 0.1) is 0 Å². The third kappa shape index (κ3) is 4.29. The largest absolute Gasteiger partial charge is 0.504 e. The first-order valence-electron chi connectivity index (χ1n) is 7.79. The molecule has 0 saturated carbocycles. The summed E-state index contributed by atoms with van der Waals surface area (Å²) in [6, 6.07) is 13.9. The van der Waals surface area contributed by atoms with Crippen LogP contribution in [0.2, 0.25) is 0 Å². The average Bonchev–Trinajstić information content (AvgIpc) is 2.65. The van der Waals surface area contributed by atoms with Gasteiger partial charge in [-0.25, -0.2) is 4.79 Å². The Morgan fingerprint density at radius 2 is 1.80 bits per heavy atom. The predicted octanol–water partition coefficient (Wildman–Crippen LogP) is 2.78. The summed E-state index contributed by atoms with van der Waals surface area (Å²) in [5.74, 6) is -1.28. The highest BCUT2D eigenvalue weighted by Crippen LogP contribution is 2.29. The zero-order valence-corrected chi connectivity index (χ0v) is 14.4. The number of hydrogen-bond acceptors (Lipinski definition) is 5. The Morgan fingerprint density at radius 1 is 1.12 bits per heavy atom. The van der Waals surface area contributed by atoms with E-state index in [1.165, 1.54) is 24.1 Å². The fraction of sp³-hybridized carbons (Fsp3) is 0.263. The van der Waals surface area contributed by atoms with E-state index in [0.717, 1.165) is 5.56 Å². The van der Waals surface area contributed by atoms with Gasteiger partial charge in [-0.3, -0.25) is 4.79 Å². The minimum Gasteiger partial charge on any atom is -0.504 e. The van der Waals surface area contributed by atoms with Crippen LogP contribution in [0.5, 0.6) is 11.5 Å². The van der Waals surface area contributed by atoms with Gasteiger partial charge < -0.3 is 19.5 Å². The van der Waals surface area contributed by atoms with Crippen LogP contribution in [0.15, 0.2) is 48.5 Å². The number of benzene rings is 2. The highest BCUT2D eigenvalue weighted by Gasteiger charge is 2.21. The maximum absolute atomic E-state index is 12.3. The Bertz CT molecular complexity index is 745. The monoisotopic (exact) mass is 343 g/mol. The molecule has 25 heavy (non-hydrogen) atoms. The first-order valence-corrected chi connectivity index (χ1v) is 7.79. The lowest BCUT2D eigenvalue weighted by Gasteiger charge is -2.25. The molecule has 2 aromatic rings. The van der Waals surface area contributed by atoms with Gasteiger partial charge in [-0.05, 0) is 24.6 Å². The molecular formula is C19H21NO5. The van der Waals surface area contributed by atoms with Crippen LogP contribution in [-0.4, -0.2) is 42.6 Å². The number of ether oxygens (including phenoxy) is 2. The first kappa shape index (κ1) is 18.3. The Hall–Kier alpha value is -3.02. The molecule has 132 valence electrons. The maximum Gasteiger partial charge on any atom is 0.342 e. The molecule has 0 radical (unpaired) electrons. The summed E-state index contributed by atoms with van der Waals surface area (Å²) in [5, 5.41) is 9.95. The Morgan fingerprint density at radius 3 is 2.44 bits per heavy atom. The molecule has 0 spiro atoms. The Balaban J connectivity index is 1.98. The molecule has 2 aromatic carbocycles. The third-order valence-corrected chi connectivity index (χ3v) is 4.02. The number of carbonyl (C=O) groups excluding carboxylic acids is 2. The van der Waals surface area contributed by atoms with Crippen molar-refractivity contribution in [3.63, 3.8) is 0 Å². The van der Waals surface area contributed by atoms with Crippen LogP contribution in [0.25, 0.3) is 0 Å². The number of phenols is 1. The van der Waals surface area contributed by atoms with Crippen LogP contribution in [-0.2, 0) is 9.53 Å². The summed E-state index contributed by atoms with van der Waals surface area (Å²) in [7, 11) is 3.03. The number of methoxy groups -OCH3 is 1. The topological polar surface area (TPSA) is 76.1 Å². The van der Waals surface area contributed by atoms with Crippen molar-refractivity contribution in [2.45, 2.75) is 13.0 Å². The highest BCUT2D eigenvalue weighted by molar-refractivity contribution is 5.94. The van der Waals surface area contributed by atoms with Gasteiger partial charge in [-0.2, -0.15) is 0 Å². The molecule has 1 N–H and O–H groups in total. The minimum atomic E-state index is -0.787. The van der Waals surface area contributed by atoms with Crippen molar-refractivity contribution >= 4 is 11.9 Å². The van der Waals surface area contributed by atoms with E-state index in [9.17, 15) is 14.7 Å². The fourth-order valence-corrected chi connectivity index (χ4v) is 2.33. The number of likely N-dealkylation sites (N-methyl/N-ethyl adjacent to an activating group) is 1. The van der Waals surface area contributed by atoms with Crippen LogP contribution < -0.4 is 4.74 Å². The molecule has 1 unspecified atom stereocenters. The molecule has 2 rings (SSSR count). The molecule has 0 bridgehead atoms. The number of hydrogen-bond donors (Lipinski definition) is 1. The number of nitrogens with zero attached hydrogens (tertiary/aromatic N) is 1. The lowest BCUT2D eigenvalue weighted by molar-refractivity contribution is -0.135. The molecule has 0 aliphatic heterocycles. The van der Waals surface area contributed by atoms with Gasteiger partial charge in [-0.1, -0.05) is 36.4 Å². The van der Waals surface area contributed by atoms with E-state index in [1.807, 2.05) is 37.3 Å². The summed E-state index contributed by atoms with van der Waals surface area (Å²) in [6.07, 6.45) is 0. The SMILES string of the molecule is COc1cccc(C(=O)OCC(=O)N(C)C(C)c2ccccc2)c1O. The summed E-state index contributed by atoms with van der Waals surface area (Å²) < 4.78 is 9.98. The predicted molar refractivity (Wildman–Crippen MR) is 92.6 cm³/mol. The molecule has 0 aliphatic carbocycles. The van der Waals surface area contributed by atoms with Crippen molar-refractivity contribution < 1.29 is 24.2 Å². The highest BCUT2D eigenvalue weighted by atomic mass is 16.5. The van der Waals surface area contributed by atoms with Crippen LogP contribution in [0.1, 0.15) is 28.9 Å². The van der Waals surface area contributed by atoms with Crippen molar-refractivity contribution in [2.24, 2.45) is 0 Å². The lowest BCUT2D eigenvalue weighted by Crippen LogP contribution is -2.33. The second-order valence-corrected chi connectivity index (χ2v) is 5.52.